The first-order chi connectivity index (χ1) is 9.93. The lowest BCUT2D eigenvalue weighted by molar-refractivity contribution is -0.0465. The van der Waals surface area contributed by atoms with Crippen LogP contribution in [0.1, 0.15) is 25.0 Å². The van der Waals surface area contributed by atoms with Gasteiger partial charge in [0.25, 0.3) is 0 Å². The first-order valence-corrected chi connectivity index (χ1v) is 7.17. The molecule has 5 nitrogen and oxygen atoms in total. The standard InChI is InChI=1S/C14H19Cl2NO4/c1-9(7-20-8-19-2)5-13(21-14(17)18)11-4-3-10(15)6-12(11)16/h3-4,6,9,13H,5,7-8H2,1-2H3,(H2,17,18)/t9-,13?/m0/s1. The molecule has 0 spiro atoms. The molecule has 1 amide bonds. The van der Waals surface area contributed by atoms with Crippen LogP contribution in [0.2, 0.25) is 10.0 Å². The molecule has 1 aromatic rings. The fourth-order valence-corrected chi connectivity index (χ4v) is 2.44. The van der Waals surface area contributed by atoms with Crippen molar-refractivity contribution in [2.45, 2.75) is 19.4 Å². The van der Waals surface area contributed by atoms with Gasteiger partial charge in [0.2, 0.25) is 0 Å². The highest BCUT2D eigenvalue weighted by Gasteiger charge is 2.21. The van der Waals surface area contributed by atoms with E-state index in [1.54, 1.807) is 25.3 Å². The van der Waals surface area contributed by atoms with Gasteiger partial charge in [0.05, 0.1) is 6.61 Å². The normalized spacial score (nSPS) is 13.7. The topological polar surface area (TPSA) is 70.8 Å². The number of methoxy groups -OCH3 is 1. The number of primary amides is 1. The van der Waals surface area contributed by atoms with E-state index in [1.165, 1.54) is 0 Å². The van der Waals surface area contributed by atoms with Crippen molar-refractivity contribution in [3.63, 3.8) is 0 Å². The Hall–Kier alpha value is -1.01. The first kappa shape index (κ1) is 18.0. The molecule has 1 unspecified atom stereocenters. The van der Waals surface area contributed by atoms with E-state index in [4.69, 9.17) is 43.1 Å². The van der Waals surface area contributed by atoms with Crippen molar-refractivity contribution in [2.75, 3.05) is 20.5 Å². The molecule has 118 valence electrons. The van der Waals surface area contributed by atoms with Gasteiger partial charge in [-0.15, -0.1) is 0 Å². The smallest absolute Gasteiger partial charge is 0.405 e. The molecule has 2 atom stereocenters. The Morgan fingerprint density at radius 2 is 2.10 bits per heavy atom. The van der Waals surface area contributed by atoms with E-state index in [0.29, 0.717) is 28.6 Å². The minimum atomic E-state index is -0.851. The lowest BCUT2D eigenvalue weighted by atomic mass is 9.98. The van der Waals surface area contributed by atoms with Crippen LogP contribution in [0, 0.1) is 5.92 Å². The molecule has 0 aliphatic carbocycles. The van der Waals surface area contributed by atoms with Crippen LogP contribution in [-0.2, 0) is 14.2 Å². The van der Waals surface area contributed by atoms with Crippen LogP contribution in [0.4, 0.5) is 4.79 Å². The van der Waals surface area contributed by atoms with E-state index in [0.717, 1.165) is 0 Å². The van der Waals surface area contributed by atoms with Crippen LogP contribution in [0.5, 0.6) is 0 Å². The van der Waals surface area contributed by atoms with Crippen LogP contribution < -0.4 is 5.73 Å². The van der Waals surface area contributed by atoms with E-state index < -0.39 is 12.2 Å². The van der Waals surface area contributed by atoms with Gasteiger partial charge in [-0.25, -0.2) is 4.79 Å². The molecule has 0 aliphatic rings. The van der Waals surface area contributed by atoms with Gasteiger partial charge in [-0.05, 0) is 24.5 Å². The number of ether oxygens (including phenoxy) is 3. The van der Waals surface area contributed by atoms with Gasteiger partial charge >= 0.3 is 6.09 Å². The van der Waals surface area contributed by atoms with Crippen molar-refractivity contribution in [2.24, 2.45) is 11.7 Å². The molecule has 1 rings (SSSR count). The molecule has 0 saturated carbocycles. The summed E-state index contributed by atoms with van der Waals surface area (Å²) in [6, 6.07) is 5.01. The third-order valence-corrected chi connectivity index (χ3v) is 3.35. The molecular formula is C14H19Cl2NO4. The largest absolute Gasteiger partial charge is 0.441 e. The van der Waals surface area contributed by atoms with Gasteiger partial charge in [-0.3, -0.25) is 0 Å². The Morgan fingerprint density at radius 3 is 2.67 bits per heavy atom. The van der Waals surface area contributed by atoms with Gasteiger partial charge in [0, 0.05) is 22.7 Å². The summed E-state index contributed by atoms with van der Waals surface area (Å²) in [6.45, 7) is 2.65. The Bertz CT molecular complexity index is 470. The van der Waals surface area contributed by atoms with Crippen molar-refractivity contribution in [3.05, 3.63) is 33.8 Å². The lowest BCUT2D eigenvalue weighted by Gasteiger charge is -2.22. The van der Waals surface area contributed by atoms with Crippen LogP contribution in [0.25, 0.3) is 0 Å². The fourth-order valence-electron chi connectivity index (χ4n) is 1.91. The fraction of sp³-hybridized carbons (Fsp3) is 0.500. The van der Waals surface area contributed by atoms with E-state index in [-0.39, 0.29) is 12.7 Å². The maximum absolute atomic E-state index is 11.1. The summed E-state index contributed by atoms with van der Waals surface area (Å²) in [6.07, 6.45) is -0.877. The quantitative estimate of drug-likeness (QED) is 0.579. The zero-order valence-electron chi connectivity index (χ0n) is 12.0. The SMILES string of the molecule is COCOC[C@@H](C)CC(OC(N)=O)c1ccc(Cl)cc1Cl. The molecule has 0 aromatic heterocycles. The number of carbonyl (C=O) groups is 1. The average Bonchev–Trinajstić information content (AvgIpc) is 2.37. The Balaban J connectivity index is 2.77. The lowest BCUT2D eigenvalue weighted by Crippen LogP contribution is -2.21. The number of nitrogens with two attached hydrogens (primary N) is 1. The molecule has 0 radical (unpaired) electrons. The van der Waals surface area contributed by atoms with Gasteiger partial charge in [0.15, 0.2) is 0 Å². The molecule has 7 heteroatoms. The zero-order chi connectivity index (χ0) is 15.8. The van der Waals surface area contributed by atoms with Crippen molar-refractivity contribution < 1.29 is 19.0 Å². The minimum Gasteiger partial charge on any atom is -0.441 e. The third-order valence-electron chi connectivity index (χ3n) is 2.79. The molecule has 0 aliphatic heterocycles. The summed E-state index contributed by atoms with van der Waals surface area (Å²) in [5.74, 6) is 0.122. The summed E-state index contributed by atoms with van der Waals surface area (Å²) < 4.78 is 15.3. The molecule has 1 aromatic carbocycles. The van der Waals surface area contributed by atoms with Crippen molar-refractivity contribution in [1.29, 1.82) is 0 Å². The summed E-state index contributed by atoms with van der Waals surface area (Å²) in [7, 11) is 1.55. The van der Waals surface area contributed by atoms with Gasteiger partial charge in [0.1, 0.15) is 12.9 Å². The molecular weight excluding hydrogens is 317 g/mol. The number of halogens is 2. The number of benzene rings is 1. The highest BCUT2D eigenvalue weighted by molar-refractivity contribution is 6.35. The third kappa shape index (κ3) is 6.52. The highest BCUT2D eigenvalue weighted by Crippen LogP contribution is 2.32. The van der Waals surface area contributed by atoms with E-state index in [2.05, 4.69) is 0 Å². The van der Waals surface area contributed by atoms with Crippen LogP contribution in [-0.4, -0.2) is 26.6 Å². The van der Waals surface area contributed by atoms with Crippen LogP contribution in [0.15, 0.2) is 18.2 Å². The predicted octanol–water partition coefficient (Wildman–Crippen LogP) is 3.78. The molecule has 2 N–H and O–H groups in total. The second kappa shape index (κ2) is 9.10. The van der Waals surface area contributed by atoms with Crippen molar-refractivity contribution in [1.82, 2.24) is 0 Å². The number of carbonyl (C=O) groups excluding carboxylic acids is 1. The molecule has 0 fully saturated rings. The van der Waals surface area contributed by atoms with Gasteiger partial charge in [-0.1, -0.05) is 36.2 Å². The monoisotopic (exact) mass is 335 g/mol. The van der Waals surface area contributed by atoms with Crippen LogP contribution >= 0.6 is 23.2 Å². The first-order valence-electron chi connectivity index (χ1n) is 6.41. The van der Waals surface area contributed by atoms with E-state index in [9.17, 15) is 4.79 Å². The van der Waals surface area contributed by atoms with E-state index >= 15 is 0 Å². The van der Waals surface area contributed by atoms with E-state index in [1.807, 2.05) is 6.92 Å². The number of rotatable bonds is 8. The highest BCUT2D eigenvalue weighted by atomic mass is 35.5. The molecule has 0 bridgehead atoms. The molecule has 0 heterocycles. The van der Waals surface area contributed by atoms with Crippen LogP contribution in [0.3, 0.4) is 0 Å². The Morgan fingerprint density at radius 1 is 1.38 bits per heavy atom. The summed E-state index contributed by atoms with van der Waals surface area (Å²) >= 11 is 12.0. The number of amides is 1. The number of hydrogen-bond acceptors (Lipinski definition) is 4. The minimum absolute atomic E-state index is 0.122. The second-order valence-electron chi connectivity index (χ2n) is 4.71. The maximum Gasteiger partial charge on any atom is 0.405 e. The predicted molar refractivity (Wildman–Crippen MR) is 81.5 cm³/mol. The van der Waals surface area contributed by atoms with Gasteiger partial charge in [-0.2, -0.15) is 0 Å². The average molecular weight is 336 g/mol. The Kier molecular flexibility index (Phi) is 7.82. The van der Waals surface area contributed by atoms with Crippen molar-refractivity contribution >= 4 is 29.3 Å². The zero-order valence-corrected chi connectivity index (χ0v) is 13.5. The Labute approximate surface area is 134 Å². The van der Waals surface area contributed by atoms with Gasteiger partial charge < -0.3 is 19.9 Å². The summed E-state index contributed by atoms with van der Waals surface area (Å²) in [4.78, 5) is 11.1. The molecule has 21 heavy (non-hydrogen) atoms. The molecule has 0 saturated heterocycles. The summed E-state index contributed by atoms with van der Waals surface area (Å²) in [5.41, 5.74) is 5.79. The maximum atomic E-state index is 11.1. The second-order valence-corrected chi connectivity index (χ2v) is 5.55. The van der Waals surface area contributed by atoms with Crippen molar-refractivity contribution in [3.8, 4) is 0 Å². The number of hydrogen-bond donors (Lipinski definition) is 1. The summed E-state index contributed by atoms with van der Waals surface area (Å²) in [5, 5.41) is 0.941.